The highest BCUT2D eigenvalue weighted by molar-refractivity contribution is 6.15. The van der Waals surface area contributed by atoms with Gasteiger partial charge in [0.05, 0.1) is 17.5 Å². The number of halogens is 1. The highest BCUT2D eigenvalue weighted by atomic mass is 19.1. The van der Waals surface area contributed by atoms with Crippen molar-refractivity contribution in [1.29, 1.82) is 0 Å². The van der Waals surface area contributed by atoms with Gasteiger partial charge in [0.2, 0.25) is 0 Å². The number of nitrogens with one attached hydrogen (secondary N) is 3. The van der Waals surface area contributed by atoms with Gasteiger partial charge in [-0.2, -0.15) is 0 Å². The number of H-pyrrole nitrogens is 1. The second kappa shape index (κ2) is 7.98. The molecule has 3 aromatic rings. The van der Waals surface area contributed by atoms with Crippen LogP contribution in [0, 0.1) is 5.82 Å². The fraction of sp³-hybridized carbons (Fsp3) is 0.333. The first-order valence-electron chi connectivity index (χ1n) is 9.41. The van der Waals surface area contributed by atoms with Gasteiger partial charge >= 0.3 is 0 Å². The molecule has 1 aromatic carbocycles. The highest BCUT2D eigenvalue weighted by Gasteiger charge is 2.23. The molecule has 0 fully saturated rings. The van der Waals surface area contributed by atoms with Gasteiger partial charge < -0.3 is 15.6 Å². The number of benzene rings is 1. The van der Waals surface area contributed by atoms with Crippen molar-refractivity contribution < 1.29 is 9.18 Å². The van der Waals surface area contributed by atoms with Crippen LogP contribution in [0.5, 0.6) is 0 Å². The highest BCUT2D eigenvalue weighted by Crippen LogP contribution is 2.22. The van der Waals surface area contributed by atoms with Crippen molar-refractivity contribution in [3.05, 3.63) is 53.2 Å². The normalized spacial score (nSPS) is 12.3. The number of carbonyl (C=O) groups is 1. The van der Waals surface area contributed by atoms with Crippen molar-refractivity contribution >= 4 is 28.5 Å². The number of carbonyl (C=O) groups excluding carboxylic acids is 1. The lowest BCUT2D eigenvalue weighted by molar-refractivity contribution is 0.0913. The number of aliphatic imine (C=N–C) groups is 1. The van der Waals surface area contributed by atoms with Gasteiger partial charge in [-0.05, 0) is 38.5 Å². The first-order chi connectivity index (χ1) is 13.8. The number of aromatic amines is 1. The standard InChI is InChI=1S/C21H25FN6O/c1-6-21(2,3)28-20(29)14-10-25-19-18(14)27-16(11-26-19)17(24-5)13-8-7-12(22)9-15(13)23-4/h7-11,23H,6H2,1-5H3,(H,25,26)(H,28,29)/b24-17+. The third-order valence-electron chi connectivity index (χ3n) is 4.93. The van der Waals surface area contributed by atoms with Gasteiger partial charge in [-0.15, -0.1) is 0 Å². The number of amides is 1. The second-order valence-corrected chi connectivity index (χ2v) is 7.36. The SMILES string of the molecule is CCC(C)(C)NC(=O)c1c[nH]c2ncc(/C(=N/C)c3ccc(F)cc3NC)nc12. The predicted octanol–water partition coefficient (Wildman–Crippen LogP) is 3.52. The molecule has 0 radical (unpaired) electrons. The van der Waals surface area contributed by atoms with Crippen LogP contribution in [0.25, 0.3) is 11.2 Å². The van der Waals surface area contributed by atoms with E-state index in [2.05, 4.69) is 30.6 Å². The van der Waals surface area contributed by atoms with Crippen LogP contribution in [0.3, 0.4) is 0 Å². The number of nitrogens with zero attached hydrogens (tertiary/aromatic N) is 3. The summed E-state index contributed by atoms with van der Waals surface area (Å²) < 4.78 is 13.6. The first-order valence-corrected chi connectivity index (χ1v) is 9.41. The first kappa shape index (κ1) is 20.4. The summed E-state index contributed by atoms with van der Waals surface area (Å²) in [6.07, 6.45) is 3.98. The smallest absolute Gasteiger partial charge is 0.255 e. The van der Waals surface area contributed by atoms with Crippen LogP contribution in [0.4, 0.5) is 10.1 Å². The van der Waals surface area contributed by atoms with E-state index in [4.69, 9.17) is 0 Å². The van der Waals surface area contributed by atoms with Gasteiger partial charge in [-0.25, -0.2) is 14.4 Å². The number of rotatable bonds is 6. The zero-order chi connectivity index (χ0) is 21.2. The van der Waals surface area contributed by atoms with E-state index in [0.29, 0.717) is 39.4 Å². The number of fused-ring (bicyclic) bond motifs is 1. The maximum absolute atomic E-state index is 13.6. The van der Waals surface area contributed by atoms with Crippen LogP contribution in [-0.4, -0.2) is 46.2 Å². The second-order valence-electron chi connectivity index (χ2n) is 7.36. The summed E-state index contributed by atoms with van der Waals surface area (Å²) in [7, 11) is 3.35. The molecule has 0 unspecified atom stereocenters. The predicted molar refractivity (Wildman–Crippen MR) is 113 cm³/mol. The largest absolute Gasteiger partial charge is 0.387 e. The number of aromatic nitrogens is 3. The molecule has 0 aliphatic rings. The lowest BCUT2D eigenvalue weighted by Gasteiger charge is -2.24. The van der Waals surface area contributed by atoms with E-state index in [-0.39, 0.29) is 17.3 Å². The Morgan fingerprint density at radius 2 is 2.07 bits per heavy atom. The molecule has 0 aliphatic heterocycles. The number of hydrogen-bond acceptors (Lipinski definition) is 5. The Kier molecular flexibility index (Phi) is 5.63. The van der Waals surface area contributed by atoms with Gasteiger partial charge in [0.1, 0.15) is 17.0 Å². The van der Waals surface area contributed by atoms with Crippen molar-refractivity contribution in [3.63, 3.8) is 0 Å². The summed E-state index contributed by atoms with van der Waals surface area (Å²) in [6, 6.07) is 4.41. The van der Waals surface area contributed by atoms with Crippen molar-refractivity contribution in [1.82, 2.24) is 20.3 Å². The van der Waals surface area contributed by atoms with E-state index in [9.17, 15) is 9.18 Å². The van der Waals surface area contributed by atoms with Crippen molar-refractivity contribution in [3.8, 4) is 0 Å². The molecule has 0 spiro atoms. The Balaban J connectivity index is 2.06. The number of anilines is 1. The van der Waals surface area contributed by atoms with Gasteiger partial charge in [-0.3, -0.25) is 9.79 Å². The summed E-state index contributed by atoms with van der Waals surface area (Å²) >= 11 is 0. The lowest BCUT2D eigenvalue weighted by Crippen LogP contribution is -2.42. The zero-order valence-electron chi connectivity index (χ0n) is 17.2. The van der Waals surface area contributed by atoms with Gasteiger partial charge in [0.15, 0.2) is 5.65 Å². The van der Waals surface area contributed by atoms with Crippen LogP contribution in [0.15, 0.2) is 35.6 Å². The minimum atomic E-state index is -0.349. The van der Waals surface area contributed by atoms with Gasteiger partial charge in [0, 0.05) is 37.1 Å². The molecule has 0 aliphatic carbocycles. The van der Waals surface area contributed by atoms with Gasteiger partial charge in [0.25, 0.3) is 5.91 Å². The molecule has 3 rings (SSSR count). The Morgan fingerprint density at radius 1 is 1.31 bits per heavy atom. The Labute approximate surface area is 168 Å². The zero-order valence-corrected chi connectivity index (χ0v) is 17.2. The third kappa shape index (κ3) is 4.11. The lowest BCUT2D eigenvalue weighted by atomic mass is 10.0. The molecule has 29 heavy (non-hydrogen) atoms. The molecule has 2 heterocycles. The number of hydrogen-bond donors (Lipinski definition) is 3. The molecule has 0 saturated heterocycles. The van der Waals surface area contributed by atoms with Crippen LogP contribution in [0.2, 0.25) is 0 Å². The molecule has 0 bridgehead atoms. The van der Waals surface area contributed by atoms with Crippen LogP contribution in [-0.2, 0) is 0 Å². The van der Waals surface area contributed by atoms with Crippen molar-refractivity contribution in [2.24, 2.45) is 4.99 Å². The Morgan fingerprint density at radius 3 is 2.72 bits per heavy atom. The summed E-state index contributed by atoms with van der Waals surface area (Å²) in [6.45, 7) is 5.94. The summed E-state index contributed by atoms with van der Waals surface area (Å²) in [5.41, 5.74) is 3.37. The van der Waals surface area contributed by atoms with E-state index >= 15 is 0 Å². The molecular weight excluding hydrogens is 371 g/mol. The van der Waals surface area contributed by atoms with E-state index in [0.717, 1.165) is 6.42 Å². The van der Waals surface area contributed by atoms with E-state index in [1.807, 2.05) is 20.8 Å². The molecule has 3 N–H and O–H groups in total. The van der Waals surface area contributed by atoms with Crippen LogP contribution in [0.1, 0.15) is 48.8 Å². The molecule has 2 aromatic heterocycles. The average Bonchev–Trinajstić information content (AvgIpc) is 3.12. The molecular formula is C21H25FN6O. The van der Waals surface area contributed by atoms with Crippen LogP contribution >= 0.6 is 0 Å². The monoisotopic (exact) mass is 396 g/mol. The molecule has 7 nitrogen and oxygen atoms in total. The van der Waals surface area contributed by atoms with Crippen molar-refractivity contribution in [2.45, 2.75) is 32.7 Å². The topological polar surface area (TPSA) is 95.1 Å². The molecule has 0 atom stereocenters. The molecule has 1 amide bonds. The van der Waals surface area contributed by atoms with E-state index < -0.39 is 0 Å². The summed E-state index contributed by atoms with van der Waals surface area (Å²) in [4.78, 5) is 29.2. The maximum Gasteiger partial charge on any atom is 0.255 e. The Hall–Kier alpha value is -3.29. The fourth-order valence-corrected chi connectivity index (χ4v) is 2.94. The molecule has 8 heteroatoms. The minimum absolute atomic E-state index is 0.220. The fourth-order valence-electron chi connectivity index (χ4n) is 2.94. The molecule has 152 valence electrons. The van der Waals surface area contributed by atoms with Crippen molar-refractivity contribution in [2.75, 3.05) is 19.4 Å². The summed E-state index contributed by atoms with van der Waals surface area (Å²) in [5, 5.41) is 5.99. The Bertz CT molecular complexity index is 1090. The van der Waals surface area contributed by atoms with E-state index in [1.54, 1.807) is 32.6 Å². The third-order valence-corrected chi connectivity index (χ3v) is 4.93. The quantitative estimate of drug-likeness (QED) is 0.556. The maximum atomic E-state index is 13.6. The molecule has 0 saturated carbocycles. The van der Waals surface area contributed by atoms with Crippen LogP contribution < -0.4 is 10.6 Å². The van der Waals surface area contributed by atoms with Gasteiger partial charge in [-0.1, -0.05) is 6.92 Å². The average molecular weight is 396 g/mol. The summed E-state index contributed by atoms with van der Waals surface area (Å²) in [5.74, 6) is -0.569. The minimum Gasteiger partial charge on any atom is -0.387 e. The van der Waals surface area contributed by atoms with E-state index in [1.165, 1.54) is 12.1 Å².